The highest BCUT2D eigenvalue weighted by Gasteiger charge is 2.68. The van der Waals surface area contributed by atoms with Crippen molar-refractivity contribution in [3.63, 3.8) is 0 Å². The van der Waals surface area contributed by atoms with Crippen molar-refractivity contribution in [3.8, 4) is 0 Å². The smallest absolute Gasteiger partial charge is 0.161 e. The summed E-state index contributed by atoms with van der Waals surface area (Å²) >= 11 is 0. The molecule has 0 aromatic rings. The number of hydrogen-bond donors (Lipinski definition) is 3. The molecule has 4 aliphatic rings. The first-order chi connectivity index (χ1) is 12.0. The number of hydrogen-bond acceptors (Lipinski definition) is 5. The van der Waals surface area contributed by atoms with Crippen LogP contribution in [0.3, 0.4) is 0 Å². The monoisotopic (exact) mass is 362 g/mol. The minimum Gasteiger partial charge on any atom is -0.393 e. The maximum absolute atomic E-state index is 12.3. The molecule has 0 unspecified atom stereocenters. The third-order valence-corrected chi connectivity index (χ3v) is 8.65. The van der Waals surface area contributed by atoms with Gasteiger partial charge in [-0.2, -0.15) is 0 Å². The predicted molar refractivity (Wildman–Crippen MR) is 95.1 cm³/mol. The van der Waals surface area contributed by atoms with E-state index in [4.69, 9.17) is 0 Å². The Labute approximate surface area is 154 Å². The Morgan fingerprint density at radius 3 is 2.58 bits per heavy atom. The lowest BCUT2D eigenvalue weighted by Crippen LogP contribution is -2.62. The second-order valence-corrected chi connectivity index (χ2v) is 9.68. The lowest BCUT2D eigenvalue weighted by molar-refractivity contribution is -0.184. The van der Waals surface area contributed by atoms with Crippen LogP contribution in [0, 0.1) is 28.6 Å². The van der Waals surface area contributed by atoms with E-state index < -0.39 is 28.6 Å². The number of carbonyl (C=O) groups excluding carboxylic acids is 2. The highest BCUT2D eigenvalue weighted by molar-refractivity contribution is 5.92. The third kappa shape index (κ3) is 2.08. The quantitative estimate of drug-likeness (QED) is 0.661. The zero-order chi connectivity index (χ0) is 19.1. The molecule has 4 aliphatic carbocycles. The maximum atomic E-state index is 12.3. The van der Waals surface area contributed by atoms with Crippen LogP contribution in [0.2, 0.25) is 0 Å². The zero-order valence-corrected chi connectivity index (χ0v) is 15.9. The van der Waals surface area contributed by atoms with E-state index in [0.29, 0.717) is 32.1 Å². The van der Waals surface area contributed by atoms with Crippen LogP contribution in [0.5, 0.6) is 0 Å². The molecule has 4 rings (SSSR count). The largest absolute Gasteiger partial charge is 0.393 e. The molecule has 0 spiro atoms. The van der Waals surface area contributed by atoms with Gasteiger partial charge in [-0.3, -0.25) is 9.59 Å². The Morgan fingerprint density at radius 2 is 1.92 bits per heavy atom. The Balaban J connectivity index is 1.79. The number of Topliss-reactive ketones (excluding diaryl/α,β-unsaturated/α-hetero) is 1. The summed E-state index contributed by atoms with van der Waals surface area (Å²) in [6.07, 6.45) is 3.40. The average molecular weight is 362 g/mol. The fourth-order valence-electron chi connectivity index (χ4n) is 7.32. The minimum atomic E-state index is -1.39. The van der Waals surface area contributed by atoms with Crippen LogP contribution < -0.4 is 0 Å². The van der Waals surface area contributed by atoms with E-state index in [9.17, 15) is 24.9 Å². The number of rotatable bonds is 1. The minimum absolute atomic E-state index is 0.0439. The van der Waals surface area contributed by atoms with Crippen LogP contribution >= 0.6 is 0 Å². The SMILES string of the molecule is CC(=O)[C@@]1(O)CC[C@H]2[C@@H]3C[C@@H](O)C4=CC(=O)CC[C@]4(C)[C@H]3[C@H](O)C[C@@]21C. The molecule has 0 bridgehead atoms. The molecule has 0 aliphatic heterocycles. The van der Waals surface area contributed by atoms with Crippen LogP contribution in [0.1, 0.15) is 59.3 Å². The second-order valence-electron chi connectivity index (χ2n) is 9.68. The van der Waals surface area contributed by atoms with Crippen LogP contribution in [0.4, 0.5) is 0 Å². The molecule has 5 nitrogen and oxygen atoms in total. The third-order valence-electron chi connectivity index (χ3n) is 8.65. The molecule has 0 aromatic heterocycles. The van der Waals surface area contributed by atoms with E-state index in [1.54, 1.807) is 6.08 Å². The van der Waals surface area contributed by atoms with Crippen LogP contribution in [0.25, 0.3) is 0 Å². The van der Waals surface area contributed by atoms with Crippen molar-refractivity contribution in [1.29, 1.82) is 0 Å². The predicted octanol–water partition coefficient (Wildman–Crippen LogP) is 1.78. The van der Waals surface area contributed by atoms with Crippen LogP contribution in [-0.2, 0) is 9.59 Å². The van der Waals surface area contributed by atoms with Gasteiger partial charge in [0.05, 0.1) is 12.2 Å². The highest BCUT2D eigenvalue weighted by atomic mass is 16.3. The van der Waals surface area contributed by atoms with Crippen molar-refractivity contribution in [2.24, 2.45) is 28.6 Å². The van der Waals surface area contributed by atoms with Crippen molar-refractivity contribution in [1.82, 2.24) is 0 Å². The summed E-state index contributed by atoms with van der Waals surface area (Å²) in [5, 5.41) is 33.1. The summed E-state index contributed by atoms with van der Waals surface area (Å²) in [4.78, 5) is 24.2. The molecule has 3 saturated carbocycles. The topological polar surface area (TPSA) is 94.8 Å². The molecule has 5 heteroatoms. The summed E-state index contributed by atoms with van der Waals surface area (Å²) in [6, 6.07) is 0. The van der Waals surface area contributed by atoms with Crippen molar-refractivity contribution in [2.45, 2.75) is 77.1 Å². The van der Waals surface area contributed by atoms with Crippen molar-refractivity contribution < 1.29 is 24.9 Å². The molecule has 8 atom stereocenters. The number of carbonyl (C=O) groups is 2. The van der Waals surface area contributed by atoms with E-state index in [1.165, 1.54) is 6.92 Å². The molecular formula is C21H30O5. The standard InChI is InChI=1S/C21H30O5/c1-11(22)21(26)7-5-14-13-9-16(24)15-8-12(23)4-6-19(15,2)18(13)17(25)10-20(14,21)3/h8,13-14,16-18,24-26H,4-7,9-10H2,1-3H3/t13-,14-,16+,17+,18+,19-,20-,21-/m0/s1. The summed E-state index contributed by atoms with van der Waals surface area (Å²) in [5.74, 6) is -0.0768. The van der Waals surface area contributed by atoms with Gasteiger partial charge < -0.3 is 15.3 Å². The van der Waals surface area contributed by atoms with Crippen molar-refractivity contribution in [3.05, 3.63) is 11.6 Å². The highest BCUT2D eigenvalue weighted by Crippen LogP contribution is 2.67. The van der Waals surface area contributed by atoms with Gasteiger partial charge in [0.25, 0.3) is 0 Å². The molecule has 0 aromatic carbocycles. The molecule has 0 heterocycles. The van der Waals surface area contributed by atoms with E-state index in [0.717, 1.165) is 12.0 Å². The number of aliphatic hydroxyl groups excluding tert-OH is 2. The van der Waals surface area contributed by atoms with Gasteiger partial charge in [0.1, 0.15) is 5.60 Å². The van der Waals surface area contributed by atoms with Gasteiger partial charge in [-0.25, -0.2) is 0 Å². The summed E-state index contributed by atoms with van der Waals surface area (Å²) < 4.78 is 0. The first kappa shape index (κ1) is 18.3. The molecule has 3 N–H and O–H groups in total. The number of ketones is 2. The van der Waals surface area contributed by atoms with Gasteiger partial charge in [0, 0.05) is 11.8 Å². The lowest BCUT2D eigenvalue weighted by Gasteiger charge is -2.61. The van der Waals surface area contributed by atoms with E-state index in [-0.39, 0.29) is 29.3 Å². The average Bonchev–Trinajstić information content (AvgIpc) is 2.81. The molecule has 0 radical (unpaired) electrons. The van der Waals surface area contributed by atoms with Gasteiger partial charge in [-0.05, 0) is 73.8 Å². The molecule has 0 saturated heterocycles. The zero-order valence-electron chi connectivity index (χ0n) is 15.9. The summed E-state index contributed by atoms with van der Waals surface area (Å²) in [6.45, 7) is 5.45. The molecule has 26 heavy (non-hydrogen) atoms. The van der Waals surface area contributed by atoms with E-state index >= 15 is 0 Å². The Morgan fingerprint density at radius 1 is 1.23 bits per heavy atom. The maximum Gasteiger partial charge on any atom is 0.161 e. The Bertz CT molecular complexity index is 699. The Kier molecular flexibility index (Phi) is 3.87. The fourth-order valence-corrected chi connectivity index (χ4v) is 7.32. The van der Waals surface area contributed by atoms with Crippen molar-refractivity contribution >= 4 is 11.6 Å². The van der Waals surface area contributed by atoms with Gasteiger partial charge >= 0.3 is 0 Å². The van der Waals surface area contributed by atoms with E-state index in [2.05, 4.69) is 6.92 Å². The fraction of sp³-hybridized carbons (Fsp3) is 0.810. The van der Waals surface area contributed by atoms with Crippen molar-refractivity contribution in [2.75, 3.05) is 0 Å². The normalized spacial score (nSPS) is 53.4. The first-order valence-electron chi connectivity index (χ1n) is 9.89. The number of aliphatic hydroxyl groups is 3. The first-order valence-corrected chi connectivity index (χ1v) is 9.89. The molecule has 3 fully saturated rings. The van der Waals surface area contributed by atoms with Gasteiger partial charge in [0.15, 0.2) is 11.6 Å². The lowest BCUT2D eigenvalue weighted by atomic mass is 9.45. The molecule has 144 valence electrons. The summed E-state index contributed by atoms with van der Waals surface area (Å²) in [7, 11) is 0. The van der Waals surface area contributed by atoms with Gasteiger partial charge in [-0.15, -0.1) is 0 Å². The number of fused-ring (bicyclic) bond motifs is 5. The van der Waals surface area contributed by atoms with Crippen LogP contribution in [-0.4, -0.2) is 44.7 Å². The second kappa shape index (κ2) is 5.49. The van der Waals surface area contributed by atoms with Gasteiger partial charge in [-0.1, -0.05) is 13.8 Å². The Hall–Kier alpha value is -1.04. The summed E-state index contributed by atoms with van der Waals surface area (Å²) in [5.41, 5.74) is -1.68. The van der Waals surface area contributed by atoms with Crippen LogP contribution in [0.15, 0.2) is 11.6 Å². The van der Waals surface area contributed by atoms with E-state index in [1.807, 2.05) is 6.92 Å². The van der Waals surface area contributed by atoms with Gasteiger partial charge in [0.2, 0.25) is 0 Å². The molecule has 0 amide bonds. The molecular weight excluding hydrogens is 332 g/mol.